The number of nitrogens with one attached hydrogen (secondary N) is 1. The molecular formula is C21H24N3O9P. The lowest BCUT2D eigenvalue weighted by Crippen LogP contribution is -2.38. The third-order valence-corrected chi connectivity index (χ3v) is 6.69. The van der Waals surface area contributed by atoms with Gasteiger partial charge in [-0.15, -0.1) is 0 Å². The third kappa shape index (κ3) is 7.00. The van der Waals surface area contributed by atoms with E-state index in [2.05, 4.69) is 5.09 Å². The number of nitro groups is 2. The summed E-state index contributed by atoms with van der Waals surface area (Å²) in [6.45, 7) is 1.44. The summed E-state index contributed by atoms with van der Waals surface area (Å²) in [5.74, 6) is -0.667. The van der Waals surface area contributed by atoms with Gasteiger partial charge in [0.15, 0.2) is 0 Å². The van der Waals surface area contributed by atoms with Gasteiger partial charge in [0.1, 0.15) is 23.6 Å². The Bertz CT molecular complexity index is 1010. The highest BCUT2D eigenvalue weighted by molar-refractivity contribution is 7.52. The lowest BCUT2D eigenvalue weighted by atomic mass is 9.98. The molecule has 1 saturated carbocycles. The molecular weight excluding hydrogens is 469 g/mol. The van der Waals surface area contributed by atoms with Crippen LogP contribution in [0.15, 0.2) is 48.5 Å². The van der Waals surface area contributed by atoms with Gasteiger partial charge in [0.2, 0.25) is 0 Å². The molecule has 2 aromatic rings. The molecule has 1 fully saturated rings. The molecule has 0 bridgehead atoms. The number of carbonyl (C=O) groups is 1. The molecule has 34 heavy (non-hydrogen) atoms. The van der Waals surface area contributed by atoms with Crippen molar-refractivity contribution < 1.29 is 33.0 Å². The normalized spacial score (nSPS) is 15.2. The van der Waals surface area contributed by atoms with Crippen molar-refractivity contribution in [3.63, 3.8) is 0 Å². The number of rotatable bonds is 10. The minimum absolute atomic E-state index is 0.0174. The van der Waals surface area contributed by atoms with Crippen molar-refractivity contribution in [3.05, 3.63) is 68.8 Å². The zero-order valence-electron chi connectivity index (χ0n) is 18.3. The van der Waals surface area contributed by atoms with Crippen LogP contribution in [0.2, 0.25) is 0 Å². The smallest absolute Gasteiger partial charge is 0.461 e. The van der Waals surface area contributed by atoms with Gasteiger partial charge >= 0.3 is 13.7 Å². The molecule has 1 aliphatic carbocycles. The van der Waals surface area contributed by atoms with E-state index in [1.165, 1.54) is 31.2 Å². The largest absolute Gasteiger partial charge is 0.513 e. The van der Waals surface area contributed by atoms with E-state index >= 15 is 0 Å². The van der Waals surface area contributed by atoms with Crippen LogP contribution in [0.25, 0.3) is 0 Å². The van der Waals surface area contributed by atoms with Crippen molar-refractivity contribution in [3.8, 4) is 11.5 Å². The number of ether oxygens (including phenoxy) is 1. The summed E-state index contributed by atoms with van der Waals surface area (Å²) in [7, 11) is -4.29. The number of nitrogens with zero attached hydrogens (tertiary/aromatic N) is 2. The fourth-order valence-electron chi connectivity index (χ4n) is 3.35. The summed E-state index contributed by atoms with van der Waals surface area (Å²) in [6, 6.07) is 8.49. The van der Waals surface area contributed by atoms with Gasteiger partial charge in [0.05, 0.1) is 9.85 Å². The molecule has 1 N–H and O–H groups in total. The third-order valence-electron chi connectivity index (χ3n) is 5.09. The summed E-state index contributed by atoms with van der Waals surface area (Å²) < 4.78 is 30.0. The Labute approximate surface area is 195 Å². The average molecular weight is 493 g/mol. The van der Waals surface area contributed by atoms with Crippen LogP contribution in [0, 0.1) is 20.2 Å². The van der Waals surface area contributed by atoms with Gasteiger partial charge in [-0.2, -0.15) is 5.09 Å². The summed E-state index contributed by atoms with van der Waals surface area (Å²) in [5.41, 5.74) is -0.397. The van der Waals surface area contributed by atoms with Crippen molar-refractivity contribution in [2.75, 3.05) is 0 Å². The number of carbonyl (C=O) groups excluding carboxylic acids is 1. The highest BCUT2D eigenvalue weighted by Crippen LogP contribution is 2.46. The molecule has 2 aromatic carbocycles. The molecule has 1 atom stereocenters. The number of benzene rings is 2. The summed E-state index contributed by atoms with van der Waals surface area (Å²) in [4.78, 5) is 33.1. The van der Waals surface area contributed by atoms with Gasteiger partial charge in [-0.05, 0) is 56.9 Å². The van der Waals surface area contributed by atoms with E-state index in [0.29, 0.717) is 0 Å². The predicted molar refractivity (Wildman–Crippen MR) is 121 cm³/mol. The molecule has 182 valence electrons. The Morgan fingerprint density at radius 1 is 0.912 bits per heavy atom. The maximum absolute atomic E-state index is 13.6. The Morgan fingerprint density at radius 3 is 1.76 bits per heavy atom. The average Bonchev–Trinajstić information content (AvgIpc) is 2.80. The van der Waals surface area contributed by atoms with E-state index < -0.39 is 29.6 Å². The number of hydrogen-bond donors (Lipinski definition) is 1. The second kappa shape index (κ2) is 11.1. The van der Waals surface area contributed by atoms with E-state index in [-0.39, 0.29) is 29.0 Å². The molecule has 0 saturated heterocycles. The van der Waals surface area contributed by atoms with Gasteiger partial charge in [-0.25, -0.2) is 4.57 Å². The van der Waals surface area contributed by atoms with Crippen molar-refractivity contribution in [2.24, 2.45) is 0 Å². The van der Waals surface area contributed by atoms with E-state index in [0.717, 1.165) is 56.4 Å². The van der Waals surface area contributed by atoms with Crippen LogP contribution in [0.3, 0.4) is 0 Å². The van der Waals surface area contributed by atoms with Crippen molar-refractivity contribution in [1.82, 2.24) is 5.09 Å². The highest BCUT2D eigenvalue weighted by Gasteiger charge is 2.35. The molecule has 0 aromatic heterocycles. The van der Waals surface area contributed by atoms with Crippen molar-refractivity contribution in [1.29, 1.82) is 0 Å². The molecule has 0 radical (unpaired) electrons. The lowest BCUT2D eigenvalue weighted by Gasteiger charge is -2.26. The number of esters is 1. The second-order valence-electron chi connectivity index (χ2n) is 7.73. The first kappa shape index (κ1) is 25.1. The molecule has 0 spiro atoms. The van der Waals surface area contributed by atoms with Crippen LogP contribution in [0.4, 0.5) is 11.4 Å². The molecule has 13 heteroatoms. The Hall–Kier alpha value is -3.50. The highest BCUT2D eigenvalue weighted by atomic mass is 31.2. The molecule has 0 amide bonds. The first-order chi connectivity index (χ1) is 16.1. The van der Waals surface area contributed by atoms with Gasteiger partial charge < -0.3 is 13.8 Å². The van der Waals surface area contributed by atoms with Gasteiger partial charge in [-0.1, -0.05) is 6.42 Å². The molecule has 3 rings (SSSR count). The first-order valence-corrected chi connectivity index (χ1v) is 12.2. The maximum Gasteiger partial charge on any atom is 0.513 e. The molecule has 1 aliphatic rings. The zero-order chi connectivity index (χ0) is 24.7. The summed E-state index contributed by atoms with van der Waals surface area (Å²) in [6.07, 6.45) is 4.32. The molecule has 0 heterocycles. The standard InChI is InChI=1S/C21H24N3O9P/c1-15(21(25)31-18-5-3-2-4-6-18)22-34(30,32-19-11-7-16(8-12-19)23(26)27)33-20-13-9-17(10-14-20)24(28)29/h7-15,18H,2-6H2,1H3,(H,22,30)/t15-/m0/s1. The number of hydrogen-bond acceptors (Lipinski definition) is 9. The summed E-state index contributed by atoms with van der Waals surface area (Å²) >= 11 is 0. The zero-order valence-corrected chi connectivity index (χ0v) is 19.2. The SMILES string of the molecule is C[C@H](NP(=O)(Oc1ccc([N+](=O)[O-])cc1)Oc1ccc([N+](=O)[O-])cc1)C(=O)OC1CCCCC1. The Kier molecular flexibility index (Phi) is 8.19. The van der Waals surface area contributed by atoms with Gasteiger partial charge in [0.25, 0.3) is 11.4 Å². The maximum atomic E-state index is 13.6. The van der Waals surface area contributed by atoms with E-state index in [4.69, 9.17) is 13.8 Å². The minimum Gasteiger partial charge on any atom is -0.461 e. The minimum atomic E-state index is -4.29. The summed E-state index contributed by atoms with van der Waals surface area (Å²) in [5, 5.41) is 24.3. The van der Waals surface area contributed by atoms with Crippen LogP contribution in [-0.2, 0) is 14.1 Å². The van der Waals surface area contributed by atoms with Crippen molar-refractivity contribution in [2.45, 2.75) is 51.2 Å². The number of non-ortho nitro benzene ring substituents is 2. The van der Waals surface area contributed by atoms with Crippen LogP contribution in [-0.4, -0.2) is 28.0 Å². The molecule has 0 aliphatic heterocycles. The predicted octanol–water partition coefficient (Wildman–Crippen LogP) is 4.92. The van der Waals surface area contributed by atoms with Gasteiger partial charge in [0, 0.05) is 24.3 Å². The lowest BCUT2D eigenvalue weighted by molar-refractivity contribution is -0.385. The fraction of sp³-hybridized carbons (Fsp3) is 0.381. The molecule has 0 unspecified atom stereocenters. The second-order valence-corrected chi connectivity index (χ2v) is 9.35. The van der Waals surface area contributed by atoms with Crippen LogP contribution >= 0.6 is 7.75 Å². The topological polar surface area (TPSA) is 160 Å². The van der Waals surface area contributed by atoms with Crippen LogP contribution < -0.4 is 14.1 Å². The Balaban J connectivity index is 1.77. The van der Waals surface area contributed by atoms with E-state index in [9.17, 15) is 29.6 Å². The fourth-order valence-corrected chi connectivity index (χ4v) is 4.87. The van der Waals surface area contributed by atoms with Crippen LogP contribution in [0.1, 0.15) is 39.0 Å². The quantitative estimate of drug-likeness (QED) is 0.208. The van der Waals surface area contributed by atoms with Crippen LogP contribution in [0.5, 0.6) is 11.5 Å². The van der Waals surface area contributed by atoms with Crippen molar-refractivity contribution >= 4 is 25.1 Å². The number of nitro benzene ring substituents is 2. The van der Waals surface area contributed by atoms with Gasteiger partial charge in [-0.3, -0.25) is 25.0 Å². The first-order valence-electron chi connectivity index (χ1n) is 10.6. The van der Waals surface area contributed by atoms with E-state index in [1.807, 2.05) is 0 Å². The van der Waals surface area contributed by atoms with E-state index in [1.54, 1.807) is 0 Å². The monoisotopic (exact) mass is 493 g/mol. The molecule has 12 nitrogen and oxygen atoms in total. The Morgan fingerprint density at radius 2 is 1.35 bits per heavy atom.